The van der Waals surface area contributed by atoms with Crippen LogP contribution in [0.3, 0.4) is 0 Å². The van der Waals surface area contributed by atoms with Crippen LogP contribution < -0.4 is 5.32 Å². The molecule has 3 aromatic rings. The van der Waals surface area contributed by atoms with E-state index >= 15 is 0 Å². The van der Waals surface area contributed by atoms with Gasteiger partial charge in [0.1, 0.15) is 16.5 Å². The molecule has 0 fully saturated rings. The van der Waals surface area contributed by atoms with Crippen molar-refractivity contribution >= 4 is 32.2 Å². The number of carbonyl (C=O) groups is 1. The first-order chi connectivity index (χ1) is 12.5. The van der Waals surface area contributed by atoms with Crippen LogP contribution in [-0.4, -0.2) is 24.5 Å². The van der Waals surface area contributed by atoms with Gasteiger partial charge in [-0.1, -0.05) is 36.5 Å². The summed E-state index contributed by atoms with van der Waals surface area (Å²) in [4.78, 5) is 12.4. The number of carbonyl (C=O) groups excluding carboxylic acids is 1. The van der Waals surface area contributed by atoms with E-state index in [0.29, 0.717) is 5.13 Å². The van der Waals surface area contributed by atoms with Gasteiger partial charge in [0.2, 0.25) is 5.13 Å². The third-order valence-electron chi connectivity index (χ3n) is 3.47. The van der Waals surface area contributed by atoms with E-state index in [2.05, 4.69) is 15.5 Å². The molecule has 0 saturated heterocycles. The van der Waals surface area contributed by atoms with Crippen molar-refractivity contribution in [3.8, 4) is 0 Å². The predicted molar refractivity (Wildman–Crippen MR) is 97.9 cm³/mol. The van der Waals surface area contributed by atoms with Crippen LogP contribution in [0.2, 0.25) is 0 Å². The summed E-state index contributed by atoms with van der Waals surface area (Å²) in [6, 6.07) is 11.0. The lowest BCUT2D eigenvalue weighted by molar-refractivity contribution is 0.0995. The van der Waals surface area contributed by atoms with Crippen molar-refractivity contribution in [3.63, 3.8) is 0 Å². The number of anilines is 1. The molecule has 0 bridgehead atoms. The number of benzene rings is 1. The number of hydrogen-bond acceptors (Lipinski definition) is 7. The largest absolute Gasteiger partial charge is 0.455 e. The highest BCUT2D eigenvalue weighted by Crippen LogP contribution is 2.20. The highest BCUT2D eigenvalue weighted by Gasteiger charge is 2.19. The fraction of sp³-hybridized carbons (Fsp3) is 0.235. The lowest BCUT2D eigenvalue weighted by atomic mass is 10.4. The smallest absolute Gasteiger partial charge is 0.293 e. The molecule has 0 aliphatic rings. The first-order valence-corrected chi connectivity index (χ1v) is 10.4. The number of aryl methyl sites for hydroxylation is 1. The number of amides is 1. The molecule has 2 aromatic heterocycles. The number of nitrogens with zero attached hydrogens (tertiary/aromatic N) is 2. The molecule has 0 spiro atoms. The zero-order valence-corrected chi connectivity index (χ0v) is 15.6. The van der Waals surface area contributed by atoms with E-state index < -0.39 is 15.7 Å². The van der Waals surface area contributed by atoms with Gasteiger partial charge in [-0.25, -0.2) is 8.42 Å². The summed E-state index contributed by atoms with van der Waals surface area (Å²) < 4.78 is 30.1. The molecule has 0 saturated carbocycles. The molecular formula is C17H17N3O4S2. The van der Waals surface area contributed by atoms with Gasteiger partial charge in [0.25, 0.3) is 5.91 Å². The molecule has 9 heteroatoms. The Morgan fingerprint density at radius 3 is 2.65 bits per heavy atom. The fourth-order valence-electron chi connectivity index (χ4n) is 2.25. The van der Waals surface area contributed by atoms with E-state index in [0.717, 1.165) is 17.8 Å². The minimum atomic E-state index is -3.53. The Morgan fingerprint density at radius 1 is 1.15 bits per heavy atom. The van der Waals surface area contributed by atoms with Gasteiger partial charge >= 0.3 is 0 Å². The summed E-state index contributed by atoms with van der Waals surface area (Å²) in [6.45, 7) is 2.04. The standard InChI is InChI=1S/C17H17N3O4S2/c1-2-6-15-19-20-17(25-15)18-16(21)14-10-9-12(24-14)11-26(22,23)13-7-4-3-5-8-13/h3-5,7-10H,2,6,11H2,1H3,(H,18,20,21). The molecule has 1 amide bonds. The summed E-state index contributed by atoms with van der Waals surface area (Å²) in [6.07, 6.45) is 1.75. The number of rotatable bonds is 7. The Balaban J connectivity index is 1.68. The lowest BCUT2D eigenvalue weighted by Gasteiger charge is -2.02. The second-order valence-corrected chi connectivity index (χ2v) is 8.59. The normalized spacial score (nSPS) is 11.4. The van der Waals surface area contributed by atoms with Crippen molar-refractivity contribution in [2.75, 3.05) is 5.32 Å². The van der Waals surface area contributed by atoms with Crippen LogP contribution in [0.1, 0.15) is 34.7 Å². The number of hydrogen-bond donors (Lipinski definition) is 1. The Bertz CT molecular complexity index is 994. The maximum Gasteiger partial charge on any atom is 0.293 e. The molecule has 1 aromatic carbocycles. The van der Waals surface area contributed by atoms with Crippen molar-refractivity contribution < 1.29 is 17.6 Å². The summed E-state index contributed by atoms with van der Waals surface area (Å²) in [5.74, 6) is -0.588. The van der Waals surface area contributed by atoms with Crippen LogP contribution in [0, 0.1) is 0 Å². The van der Waals surface area contributed by atoms with Gasteiger partial charge < -0.3 is 4.42 Å². The van der Waals surface area contributed by atoms with Gasteiger partial charge in [0.15, 0.2) is 15.6 Å². The van der Waals surface area contributed by atoms with Gasteiger partial charge in [-0.05, 0) is 30.7 Å². The zero-order valence-electron chi connectivity index (χ0n) is 14.0. The first kappa shape index (κ1) is 18.3. The monoisotopic (exact) mass is 391 g/mol. The minimum Gasteiger partial charge on any atom is -0.455 e. The molecule has 0 radical (unpaired) electrons. The van der Waals surface area contributed by atoms with Crippen molar-refractivity contribution in [1.82, 2.24) is 10.2 Å². The van der Waals surface area contributed by atoms with Gasteiger partial charge in [0, 0.05) is 6.42 Å². The van der Waals surface area contributed by atoms with Crippen LogP contribution in [0.25, 0.3) is 0 Å². The average molecular weight is 391 g/mol. The summed E-state index contributed by atoms with van der Waals surface area (Å²) in [7, 11) is -3.53. The Kier molecular flexibility index (Phi) is 5.48. The van der Waals surface area contributed by atoms with E-state index in [4.69, 9.17) is 4.42 Å². The minimum absolute atomic E-state index is 0.0236. The first-order valence-electron chi connectivity index (χ1n) is 7.98. The van der Waals surface area contributed by atoms with Crippen LogP contribution in [0.5, 0.6) is 0 Å². The molecule has 136 valence electrons. The molecule has 0 unspecified atom stereocenters. The molecule has 26 heavy (non-hydrogen) atoms. The molecule has 2 heterocycles. The molecule has 0 atom stereocenters. The average Bonchev–Trinajstić information content (AvgIpc) is 3.25. The van der Waals surface area contributed by atoms with E-state index in [9.17, 15) is 13.2 Å². The van der Waals surface area contributed by atoms with E-state index in [1.807, 2.05) is 6.92 Å². The third-order valence-corrected chi connectivity index (χ3v) is 6.02. The Hall–Kier alpha value is -2.52. The Labute approximate surface area is 155 Å². The Morgan fingerprint density at radius 2 is 1.92 bits per heavy atom. The number of furan rings is 1. The summed E-state index contributed by atoms with van der Waals surface area (Å²) >= 11 is 1.30. The maximum atomic E-state index is 12.4. The quantitative estimate of drug-likeness (QED) is 0.663. The molecule has 3 rings (SSSR count). The van der Waals surface area contributed by atoms with Crippen LogP contribution in [0.4, 0.5) is 5.13 Å². The number of nitrogens with one attached hydrogen (secondary N) is 1. The highest BCUT2D eigenvalue weighted by molar-refractivity contribution is 7.90. The van der Waals surface area contributed by atoms with E-state index in [-0.39, 0.29) is 22.2 Å². The number of sulfone groups is 1. The number of aromatic nitrogens is 2. The lowest BCUT2D eigenvalue weighted by Crippen LogP contribution is -2.10. The van der Waals surface area contributed by atoms with Crippen molar-refractivity contribution in [1.29, 1.82) is 0 Å². The SMILES string of the molecule is CCCc1nnc(NC(=O)c2ccc(CS(=O)(=O)c3ccccc3)o2)s1. The van der Waals surface area contributed by atoms with E-state index in [1.165, 1.54) is 35.6 Å². The van der Waals surface area contributed by atoms with Crippen LogP contribution in [-0.2, 0) is 22.0 Å². The van der Waals surface area contributed by atoms with Gasteiger partial charge in [-0.2, -0.15) is 0 Å². The zero-order chi connectivity index (χ0) is 18.6. The van der Waals surface area contributed by atoms with Crippen molar-refractivity contribution in [2.45, 2.75) is 30.4 Å². The summed E-state index contributed by atoms with van der Waals surface area (Å²) in [5, 5.41) is 11.7. The fourth-order valence-corrected chi connectivity index (χ4v) is 4.36. The highest BCUT2D eigenvalue weighted by atomic mass is 32.2. The topological polar surface area (TPSA) is 102 Å². The molecule has 0 aliphatic carbocycles. The molecule has 0 aliphatic heterocycles. The van der Waals surface area contributed by atoms with Crippen LogP contribution in [0.15, 0.2) is 51.8 Å². The molecule has 1 N–H and O–H groups in total. The van der Waals surface area contributed by atoms with Gasteiger partial charge in [0.05, 0.1) is 4.90 Å². The van der Waals surface area contributed by atoms with E-state index in [1.54, 1.807) is 18.2 Å². The molecule has 7 nitrogen and oxygen atoms in total. The third kappa shape index (κ3) is 4.36. The summed E-state index contributed by atoms with van der Waals surface area (Å²) in [5.41, 5.74) is 0. The second-order valence-electron chi connectivity index (χ2n) is 5.54. The second kappa shape index (κ2) is 7.79. The van der Waals surface area contributed by atoms with Crippen molar-refractivity contribution in [2.24, 2.45) is 0 Å². The van der Waals surface area contributed by atoms with Gasteiger partial charge in [-0.3, -0.25) is 10.1 Å². The predicted octanol–water partition coefficient (Wildman–Crippen LogP) is 3.31. The van der Waals surface area contributed by atoms with Crippen molar-refractivity contribution in [3.05, 3.63) is 59.0 Å². The molecular weight excluding hydrogens is 374 g/mol. The van der Waals surface area contributed by atoms with Crippen LogP contribution >= 0.6 is 11.3 Å². The van der Waals surface area contributed by atoms with Gasteiger partial charge in [-0.15, -0.1) is 10.2 Å². The maximum absolute atomic E-state index is 12.4.